The van der Waals surface area contributed by atoms with Crippen LogP contribution in [0.4, 0.5) is 0 Å². The summed E-state index contributed by atoms with van der Waals surface area (Å²) in [4.78, 5) is 12.9. The van der Waals surface area contributed by atoms with Crippen LogP contribution in [0.15, 0.2) is 18.2 Å². The molecule has 1 aromatic rings. The van der Waals surface area contributed by atoms with E-state index < -0.39 is 5.97 Å². The van der Waals surface area contributed by atoms with E-state index in [-0.39, 0.29) is 18.2 Å². The Hall–Kier alpha value is -1.75. The van der Waals surface area contributed by atoms with Gasteiger partial charge in [-0.3, -0.25) is 9.69 Å². The number of aromatic hydroxyl groups is 1. The van der Waals surface area contributed by atoms with Gasteiger partial charge in [-0.25, -0.2) is 0 Å². The molecule has 1 fully saturated rings. The molecule has 1 aliphatic rings. The molecule has 104 valence electrons. The maximum Gasteiger partial charge on any atom is 0.304 e. The fourth-order valence-corrected chi connectivity index (χ4v) is 2.57. The number of carboxylic acid groups (broad SMARTS) is 1. The van der Waals surface area contributed by atoms with E-state index in [0.29, 0.717) is 12.3 Å². The molecule has 0 amide bonds. The molecule has 0 radical (unpaired) electrons. The number of benzene rings is 1. The highest BCUT2D eigenvalue weighted by atomic mass is 16.5. The summed E-state index contributed by atoms with van der Waals surface area (Å²) in [5.74, 6) is 0.148. The Morgan fingerprint density at radius 3 is 3.00 bits per heavy atom. The van der Waals surface area contributed by atoms with Crippen LogP contribution in [0.25, 0.3) is 0 Å². The first kappa shape index (κ1) is 13.7. The van der Waals surface area contributed by atoms with Crippen LogP contribution in [-0.2, 0) is 11.3 Å². The lowest BCUT2D eigenvalue weighted by molar-refractivity contribution is -0.138. The second-order valence-corrected chi connectivity index (χ2v) is 4.86. The van der Waals surface area contributed by atoms with E-state index >= 15 is 0 Å². The molecule has 2 rings (SSSR count). The third-order valence-electron chi connectivity index (χ3n) is 3.57. The predicted molar refractivity (Wildman–Crippen MR) is 70.3 cm³/mol. The third-order valence-corrected chi connectivity index (χ3v) is 3.57. The Labute approximate surface area is 112 Å². The van der Waals surface area contributed by atoms with Gasteiger partial charge in [0.15, 0.2) is 0 Å². The number of rotatable bonds is 5. The number of aliphatic carboxylic acids is 1. The molecule has 19 heavy (non-hydrogen) atoms. The zero-order valence-corrected chi connectivity index (χ0v) is 11.0. The summed E-state index contributed by atoms with van der Waals surface area (Å²) in [6.45, 7) is 1.43. The van der Waals surface area contributed by atoms with E-state index in [1.807, 2.05) is 0 Å². The summed E-state index contributed by atoms with van der Waals surface area (Å²) in [5.41, 5.74) is 0.775. The number of hydrogen-bond donors (Lipinski definition) is 2. The fourth-order valence-electron chi connectivity index (χ4n) is 2.57. The summed E-state index contributed by atoms with van der Waals surface area (Å²) in [6, 6.07) is 5.17. The summed E-state index contributed by atoms with van der Waals surface area (Å²) in [5, 5.41) is 18.8. The van der Waals surface area contributed by atoms with E-state index in [9.17, 15) is 9.90 Å². The minimum Gasteiger partial charge on any atom is -0.508 e. The first-order valence-electron chi connectivity index (χ1n) is 6.42. The number of hydrogen-bond acceptors (Lipinski definition) is 4. The van der Waals surface area contributed by atoms with Crippen LogP contribution in [0.2, 0.25) is 0 Å². The molecule has 1 aliphatic heterocycles. The van der Waals surface area contributed by atoms with Gasteiger partial charge in [-0.15, -0.1) is 0 Å². The minimum absolute atomic E-state index is 0.0584. The van der Waals surface area contributed by atoms with E-state index in [4.69, 9.17) is 9.84 Å². The van der Waals surface area contributed by atoms with Crippen molar-refractivity contribution >= 4 is 5.97 Å². The second-order valence-electron chi connectivity index (χ2n) is 4.86. The summed E-state index contributed by atoms with van der Waals surface area (Å²) >= 11 is 0. The molecular weight excluding hydrogens is 246 g/mol. The van der Waals surface area contributed by atoms with Gasteiger partial charge in [0, 0.05) is 18.2 Å². The van der Waals surface area contributed by atoms with Crippen molar-refractivity contribution in [1.29, 1.82) is 0 Å². The van der Waals surface area contributed by atoms with Gasteiger partial charge < -0.3 is 14.9 Å². The van der Waals surface area contributed by atoms with E-state index in [1.54, 1.807) is 25.3 Å². The van der Waals surface area contributed by atoms with Gasteiger partial charge in [0.25, 0.3) is 0 Å². The van der Waals surface area contributed by atoms with Crippen molar-refractivity contribution in [3.05, 3.63) is 23.8 Å². The smallest absolute Gasteiger partial charge is 0.304 e. The molecule has 0 bridgehead atoms. The number of likely N-dealkylation sites (tertiary alicyclic amines) is 1. The number of phenolic OH excluding ortho intramolecular Hbond substituents is 1. The maximum absolute atomic E-state index is 10.8. The SMILES string of the molecule is COc1ccc(O)c(CN2CCCC2CC(=O)O)c1. The number of nitrogens with zero attached hydrogens (tertiary/aromatic N) is 1. The van der Waals surface area contributed by atoms with Crippen molar-refractivity contribution in [2.45, 2.75) is 31.8 Å². The van der Waals surface area contributed by atoms with E-state index in [1.165, 1.54) is 0 Å². The lowest BCUT2D eigenvalue weighted by atomic mass is 10.1. The zero-order valence-electron chi connectivity index (χ0n) is 11.0. The average Bonchev–Trinajstić information content (AvgIpc) is 2.78. The molecule has 0 saturated carbocycles. The molecule has 1 saturated heterocycles. The second kappa shape index (κ2) is 5.93. The van der Waals surface area contributed by atoms with Gasteiger partial charge in [0.2, 0.25) is 0 Å². The van der Waals surface area contributed by atoms with Gasteiger partial charge >= 0.3 is 5.97 Å². The normalized spacial score (nSPS) is 19.5. The van der Waals surface area contributed by atoms with E-state index in [2.05, 4.69) is 4.90 Å². The van der Waals surface area contributed by atoms with Crippen LogP contribution < -0.4 is 4.74 Å². The predicted octanol–water partition coefficient (Wildman–Crippen LogP) is 1.84. The van der Waals surface area contributed by atoms with Crippen LogP contribution in [0.3, 0.4) is 0 Å². The van der Waals surface area contributed by atoms with Crippen molar-refractivity contribution in [3.63, 3.8) is 0 Å². The molecule has 1 atom stereocenters. The molecule has 5 heteroatoms. The topological polar surface area (TPSA) is 70.0 Å². The van der Waals surface area contributed by atoms with Crippen molar-refractivity contribution in [1.82, 2.24) is 4.90 Å². The first-order valence-corrected chi connectivity index (χ1v) is 6.42. The van der Waals surface area contributed by atoms with Crippen LogP contribution in [-0.4, -0.2) is 40.8 Å². The third kappa shape index (κ3) is 3.38. The quantitative estimate of drug-likeness (QED) is 0.850. The number of carboxylic acids is 1. The van der Waals surface area contributed by atoms with Crippen LogP contribution >= 0.6 is 0 Å². The zero-order chi connectivity index (χ0) is 13.8. The monoisotopic (exact) mass is 265 g/mol. The maximum atomic E-state index is 10.8. The van der Waals surface area contributed by atoms with Crippen LogP contribution in [0.1, 0.15) is 24.8 Å². The number of phenols is 1. The molecule has 1 unspecified atom stereocenters. The van der Waals surface area contributed by atoms with Gasteiger partial charge in [0.1, 0.15) is 11.5 Å². The van der Waals surface area contributed by atoms with Crippen molar-refractivity contribution < 1.29 is 19.7 Å². The van der Waals surface area contributed by atoms with Crippen LogP contribution in [0.5, 0.6) is 11.5 Å². The average molecular weight is 265 g/mol. The molecule has 1 aromatic carbocycles. The van der Waals surface area contributed by atoms with Gasteiger partial charge in [-0.1, -0.05) is 0 Å². The molecule has 5 nitrogen and oxygen atoms in total. The summed E-state index contributed by atoms with van der Waals surface area (Å²) in [6.07, 6.45) is 2.06. The van der Waals surface area contributed by atoms with Crippen molar-refractivity contribution in [2.75, 3.05) is 13.7 Å². The van der Waals surface area contributed by atoms with Gasteiger partial charge in [0.05, 0.1) is 13.5 Å². The Morgan fingerprint density at radius 1 is 1.53 bits per heavy atom. The highest BCUT2D eigenvalue weighted by Crippen LogP contribution is 2.28. The lowest BCUT2D eigenvalue weighted by Gasteiger charge is -2.23. The molecule has 0 aliphatic carbocycles. The largest absolute Gasteiger partial charge is 0.508 e. The Kier molecular flexibility index (Phi) is 4.27. The van der Waals surface area contributed by atoms with Crippen molar-refractivity contribution in [3.8, 4) is 11.5 Å². The summed E-state index contributed by atoms with van der Waals surface area (Å²) in [7, 11) is 1.58. The number of methoxy groups -OCH3 is 1. The molecule has 0 aromatic heterocycles. The highest BCUT2D eigenvalue weighted by Gasteiger charge is 2.27. The molecular formula is C14H19NO4. The van der Waals surface area contributed by atoms with E-state index in [0.717, 1.165) is 24.9 Å². The van der Waals surface area contributed by atoms with Gasteiger partial charge in [-0.2, -0.15) is 0 Å². The summed E-state index contributed by atoms with van der Waals surface area (Å²) < 4.78 is 5.14. The first-order chi connectivity index (χ1) is 9.10. The molecule has 0 spiro atoms. The lowest BCUT2D eigenvalue weighted by Crippen LogP contribution is -2.30. The Bertz CT molecular complexity index is 461. The molecule has 2 N–H and O–H groups in total. The van der Waals surface area contributed by atoms with Crippen LogP contribution in [0, 0.1) is 0 Å². The highest BCUT2D eigenvalue weighted by molar-refractivity contribution is 5.67. The Balaban J connectivity index is 2.09. The Morgan fingerprint density at radius 2 is 2.32 bits per heavy atom. The number of carbonyl (C=O) groups is 1. The standard InChI is InChI=1S/C14H19NO4/c1-19-12-4-5-13(16)10(7-12)9-15-6-2-3-11(15)8-14(17)18/h4-5,7,11,16H,2-3,6,8-9H2,1H3,(H,17,18). The van der Waals surface area contributed by atoms with Gasteiger partial charge in [-0.05, 0) is 37.6 Å². The number of ether oxygens (including phenoxy) is 1. The molecule has 1 heterocycles. The fraction of sp³-hybridized carbons (Fsp3) is 0.500. The van der Waals surface area contributed by atoms with Crippen molar-refractivity contribution in [2.24, 2.45) is 0 Å². The minimum atomic E-state index is -0.772.